The van der Waals surface area contributed by atoms with Crippen molar-refractivity contribution < 1.29 is 4.39 Å². The largest absolute Gasteiger partial charge is 0.329 e. The molecule has 0 bridgehead atoms. The van der Waals surface area contributed by atoms with Crippen LogP contribution < -0.4 is 11.1 Å². The van der Waals surface area contributed by atoms with E-state index in [1.54, 1.807) is 12.1 Å². The minimum absolute atomic E-state index is 0.0772. The van der Waals surface area contributed by atoms with Gasteiger partial charge in [0.2, 0.25) is 0 Å². The molecule has 0 aliphatic rings. The van der Waals surface area contributed by atoms with E-state index in [0.717, 1.165) is 12.8 Å². The lowest BCUT2D eigenvalue weighted by molar-refractivity contribution is 0.458. The lowest BCUT2D eigenvalue weighted by Crippen LogP contribution is -2.36. The Kier molecular flexibility index (Phi) is 6.34. The summed E-state index contributed by atoms with van der Waals surface area (Å²) in [5.41, 5.74) is 6.25. The third kappa shape index (κ3) is 4.09. The fraction of sp³-hybridized carbons (Fsp3) is 0.429. The van der Waals surface area contributed by atoms with E-state index in [1.807, 2.05) is 0 Å². The predicted octanol–water partition coefficient (Wildman–Crippen LogP) is 2.98. The summed E-state index contributed by atoms with van der Waals surface area (Å²) >= 11 is 3.23. The van der Waals surface area contributed by atoms with E-state index in [-0.39, 0.29) is 17.9 Å². The van der Waals surface area contributed by atoms with E-state index in [4.69, 9.17) is 12.2 Å². The molecule has 98 valence electrons. The van der Waals surface area contributed by atoms with Gasteiger partial charge in [-0.25, -0.2) is 4.39 Å². The second kappa shape index (κ2) is 7.52. The third-order valence-corrected chi connectivity index (χ3v) is 3.25. The summed E-state index contributed by atoms with van der Waals surface area (Å²) < 4.78 is 14.6. The zero-order valence-electron chi connectivity index (χ0n) is 10.4. The summed E-state index contributed by atoms with van der Waals surface area (Å²) in [5, 5.41) is 3.21. The normalized spacial score (nSPS) is 13.9. The number of nitrogens with one attached hydrogen (secondary N) is 1. The molecule has 18 heavy (non-hydrogen) atoms. The molecule has 0 saturated carbocycles. The highest BCUT2D eigenvalue weighted by molar-refractivity contribution is 9.10. The van der Waals surface area contributed by atoms with Gasteiger partial charge in [0.1, 0.15) is 5.82 Å². The molecule has 0 heterocycles. The van der Waals surface area contributed by atoms with Gasteiger partial charge in [-0.15, -0.1) is 6.42 Å². The molecule has 0 saturated heterocycles. The Morgan fingerprint density at radius 1 is 1.56 bits per heavy atom. The Bertz CT molecular complexity index is 428. The zero-order chi connectivity index (χ0) is 13.5. The number of nitrogens with two attached hydrogens (primary N) is 1. The van der Waals surface area contributed by atoms with Gasteiger partial charge in [-0.1, -0.05) is 41.3 Å². The first-order chi connectivity index (χ1) is 8.62. The second-order valence-electron chi connectivity index (χ2n) is 4.13. The number of halogens is 2. The van der Waals surface area contributed by atoms with Crippen LogP contribution in [0.1, 0.15) is 31.4 Å². The minimum atomic E-state index is -0.278. The molecule has 0 radical (unpaired) electrons. The van der Waals surface area contributed by atoms with Crippen molar-refractivity contribution in [3.8, 4) is 12.3 Å². The number of terminal acetylenes is 1. The number of rotatable bonds is 6. The molecule has 0 spiro atoms. The Hall–Kier alpha value is -0.890. The van der Waals surface area contributed by atoms with E-state index in [2.05, 4.69) is 34.1 Å². The molecule has 2 unspecified atom stereocenters. The third-order valence-electron chi connectivity index (χ3n) is 2.75. The fourth-order valence-corrected chi connectivity index (χ4v) is 2.15. The average molecular weight is 313 g/mol. The van der Waals surface area contributed by atoms with Crippen molar-refractivity contribution in [1.82, 2.24) is 5.32 Å². The van der Waals surface area contributed by atoms with Gasteiger partial charge in [-0.2, -0.15) is 0 Å². The topological polar surface area (TPSA) is 38.0 Å². The van der Waals surface area contributed by atoms with Crippen LogP contribution in [0.25, 0.3) is 0 Å². The summed E-state index contributed by atoms with van der Waals surface area (Å²) in [4.78, 5) is 0. The van der Waals surface area contributed by atoms with Crippen molar-refractivity contribution in [3.63, 3.8) is 0 Å². The molecular formula is C14H18BrFN2. The molecule has 0 fully saturated rings. The highest BCUT2D eigenvalue weighted by atomic mass is 79.9. The maximum atomic E-state index is 13.9. The lowest BCUT2D eigenvalue weighted by atomic mass is 10.0. The second-order valence-corrected chi connectivity index (χ2v) is 5.04. The Labute approximate surface area is 116 Å². The predicted molar refractivity (Wildman–Crippen MR) is 76.6 cm³/mol. The molecule has 2 nitrogen and oxygen atoms in total. The summed E-state index contributed by atoms with van der Waals surface area (Å²) in [5.74, 6) is 2.39. The highest BCUT2D eigenvalue weighted by Gasteiger charge is 2.17. The summed E-state index contributed by atoms with van der Waals surface area (Å²) in [6, 6.07) is 4.62. The molecule has 1 rings (SSSR count). The molecule has 1 aromatic rings. The molecule has 0 amide bonds. The van der Waals surface area contributed by atoms with E-state index in [1.165, 1.54) is 6.07 Å². The molecule has 1 aromatic carbocycles. The average Bonchev–Trinajstić information content (AvgIpc) is 2.35. The van der Waals surface area contributed by atoms with Crippen molar-refractivity contribution >= 4 is 15.9 Å². The molecular weight excluding hydrogens is 295 g/mol. The van der Waals surface area contributed by atoms with Gasteiger partial charge in [0.05, 0.1) is 6.04 Å². The van der Waals surface area contributed by atoms with Crippen LogP contribution in [0.2, 0.25) is 0 Å². The van der Waals surface area contributed by atoms with Crippen molar-refractivity contribution in [2.75, 3.05) is 6.54 Å². The Balaban J connectivity index is 2.86. The van der Waals surface area contributed by atoms with E-state index in [0.29, 0.717) is 16.6 Å². The maximum Gasteiger partial charge on any atom is 0.129 e. The van der Waals surface area contributed by atoms with Crippen LogP contribution in [0.3, 0.4) is 0 Å². The van der Waals surface area contributed by atoms with Crippen LogP contribution in [0.4, 0.5) is 4.39 Å². The quantitative estimate of drug-likeness (QED) is 0.793. The number of hydrogen-bond donors (Lipinski definition) is 2. The van der Waals surface area contributed by atoms with Gasteiger partial charge in [0, 0.05) is 22.6 Å². The van der Waals surface area contributed by atoms with Gasteiger partial charge in [-0.05, 0) is 18.6 Å². The fourth-order valence-electron chi connectivity index (χ4n) is 1.82. The first-order valence-corrected chi connectivity index (χ1v) is 6.78. The molecule has 0 aromatic heterocycles. The number of benzene rings is 1. The molecule has 2 atom stereocenters. The van der Waals surface area contributed by atoms with Crippen LogP contribution in [0, 0.1) is 18.2 Å². The molecule has 0 aliphatic heterocycles. The van der Waals surface area contributed by atoms with Crippen molar-refractivity contribution in [2.45, 2.75) is 31.8 Å². The van der Waals surface area contributed by atoms with Gasteiger partial charge >= 0.3 is 0 Å². The van der Waals surface area contributed by atoms with Crippen molar-refractivity contribution in [2.24, 2.45) is 5.73 Å². The van der Waals surface area contributed by atoms with Gasteiger partial charge in [-0.3, -0.25) is 5.32 Å². The van der Waals surface area contributed by atoms with Crippen LogP contribution in [-0.4, -0.2) is 12.6 Å². The minimum Gasteiger partial charge on any atom is -0.329 e. The van der Waals surface area contributed by atoms with E-state index in [9.17, 15) is 4.39 Å². The highest BCUT2D eigenvalue weighted by Crippen LogP contribution is 2.21. The van der Waals surface area contributed by atoms with Crippen molar-refractivity contribution in [1.29, 1.82) is 0 Å². The number of hydrogen-bond acceptors (Lipinski definition) is 2. The van der Waals surface area contributed by atoms with E-state index >= 15 is 0 Å². The summed E-state index contributed by atoms with van der Waals surface area (Å²) in [7, 11) is 0. The molecule has 3 N–H and O–H groups in total. The van der Waals surface area contributed by atoms with Gasteiger partial charge < -0.3 is 5.73 Å². The monoisotopic (exact) mass is 312 g/mol. The Morgan fingerprint density at radius 3 is 2.78 bits per heavy atom. The molecule has 4 heteroatoms. The smallest absolute Gasteiger partial charge is 0.129 e. The first kappa shape index (κ1) is 15.2. The summed E-state index contributed by atoms with van der Waals surface area (Å²) in [6.07, 6.45) is 7.27. The van der Waals surface area contributed by atoms with Crippen LogP contribution in [-0.2, 0) is 0 Å². The lowest BCUT2D eigenvalue weighted by Gasteiger charge is -2.22. The molecule has 0 aliphatic carbocycles. The Morgan fingerprint density at radius 2 is 2.28 bits per heavy atom. The SMILES string of the molecule is C#CC(CCC)NC(CN)c1ccc(Br)cc1F. The van der Waals surface area contributed by atoms with Crippen LogP contribution >= 0.6 is 15.9 Å². The summed E-state index contributed by atoms with van der Waals surface area (Å²) in [6.45, 7) is 2.37. The van der Waals surface area contributed by atoms with Crippen molar-refractivity contribution in [3.05, 3.63) is 34.1 Å². The van der Waals surface area contributed by atoms with E-state index < -0.39 is 0 Å². The van der Waals surface area contributed by atoms with Gasteiger partial charge in [0.25, 0.3) is 0 Å². The first-order valence-electron chi connectivity index (χ1n) is 5.99. The van der Waals surface area contributed by atoms with Crippen LogP contribution in [0.5, 0.6) is 0 Å². The maximum absolute atomic E-state index is 13.9. The zero-order valence-corrected chi connectivity index (χ0v) is 12.0. The van der Waals surface area contributed by atoms with Gasteiger partial charge in [0.15, 0.2) is 0 Å². The van der Waals surface area contributed by atoms with Crippen LogP contribution in [0.15, 0.2) is 22.7 Å². The standard InChI is InChI=1S/C14H18BrFN2/c1-3-5-11(4-2)18-14(9-17)12-7-6-10(15)8-13(12)16/h2,6-8,11,14,18H,3,5,9,17H2,1H3.